The zero-order chi connectivity index (χ0) is 12.3. The summed E-state index contributed by atoms with van der Waals surface area (Å²) in [7, 11) is 0. The van der Waals surface area contributed by atoms with Crippen LogP contribution in [0.1, 0.15) is 18.4 Å². The van der Waals surface area contributed by atoms with Crippen molar-refractivity contribution in [3.63, 3.8) is 0 Å². The van der Waals surface area contributed by atoms with Crippen LogP contribution in [-0.2, 0) is 11.3 Å². The van der Waals surface area contributed by atoms with Gasteiger partial charge in [-0.05, 0) is 44.1 Å². The van der Waals surface area contributed by atoms with Gasteiger partial charge in [0.05, 0.1) is 0 Å². The molecule has 2 rings (SSSR count). The molecule has 0 unspecified atom stereocenters. The fraction of sp³-hybridized carbons (Fsp3) is 0.462. The number of carbonyl (C=O) groups excluding carboxylic acids is 1. The van der Waals surface area contributed by atoms with Gasteiger partial charge in [-0.15, -0.1) is 0 Å². The molecule has 1 aliphatic rings. The molecule has 1 aliphatic heterocycles. The van der Waals surface area contributed by atoms with Crippen molar-refractivity contribution in [1.29, 1.82) is 0 Å². The highest BCUT2D eigenvalue weighted by atomic mass is 19.1. The largest absolute Gasteiger partial charge is 0.303 e. The van der Waals surface area contributed by atoms with Gasteiger partial charge in [0.15, 0.2) is 0 Å². The minimum Gasteiger partial charge on any atom is -0.303 e. The molecule has 1 heterocycles. The third-order valence-electron chi connectivity index (χ3n) is 3.23. The van der Waals surface area contributed by atoms with Crippen LogP contribution in [0.5, 0.6) is 0 Å². The quantitative estimate of drug-likeness (QED) is 0.755. The van der Waals surface area contributed by atoms with Crippen LogP contribution in [0.4, 0.5) is 8.78 Å². The molecule has 1 aromatic rings. The summed E-state index contributed by atoms with van der Waals surface area (Å²) in [6.45, 7) is 1.94. The first-order valence-electron chi connectivity index (χ1n) is 5.80. The molecule has 0 N–H and O–H groups in total. The van der Waals surface area contributed by atoms with E-state index < -0.39 is 5.82 Å². The number of hydrogen-bond acceptors (Lipinski definition) is 2. The number of aldehydes is 1. The Labute approximate surface area is 99.2 Å². The molecular formula is C13H15F2NO. The van der Waals surface area contributed by atoms with Crippen LogP contribution >= 0.6 is 0 Å². The van der Waals surface area contributed by atoms with Crippen molar-refractivity contribution in [3.8, 4) is 0 Å². The Kier molecular flexibility index (Phi) is 3.84. The van der Waals surface area contributed by atoms with Crippen molar-refractivity contribution in [2.24, 2.45) is 5.92 Å². The standard InChI is InChI=1S/C13H15F2NO/c14-12-1-2-13(15)11(7-12)8-16-5-3-10(9-17)4-6-16/h1-2,7,9-10H,3-6,8H2. The molecule has 0 spiro atoms. The summed E-state index contributed by atoms with van der Waals surface area (Å²) in [4.78, 5) is 12.6. The first kappa shape index (κ1) is 12.2. The van der Waals surface area contributed by atoms with Gasteiger partial charge in [0.25, 0.3) is 0 Å². The predicted molar refractivity (Wildman–Crippen MR) is 60.4 cm³/mol. The van der Waals surface area contributed by atoms with Crippen molar-refractivity contribution < 1.29 is 13.6 Å². The monoisotopic (exact) mass is 239 g/mol. The van der Waals surface area contributed by atoms with Gasteiger partial charge in [0, 0.05) is 18.0 Å². The zero-order valence-corrected chi connectivity index (χ0v) is 9.53. The van der Waals surface area contributed by atoms with Gasteiger partial charge >= 0.3 is 0 Å². The van der Waals surface area contributed by atoms with Crippen LogP contribution in [0.15, 0.2) is 18.2 Å². The number of likely N-dealkylation sites (tertiary alicyclic amines) is 1. The lowest BCUT2D eigenvalue weighted by Gasteiger charge is -2.29. The van der Waals surface area contributed by atoms with Crippen molar-refractivity contribution in [2.45, 2.75) is 19.4 Å². The van der Waals surface area contributed by atoms with E-state index in [0.717, 1.165) is 44.4 Å². The topological polar surface area (TPSA) is 20.3 Å². The average molecular weight is 239 g/mol. The van der Waals surface area contributed by atoms with E-state index in [1.165, 1.54) is 6.07 Å². The van der Waals surface area contributed by atoms with E-state index in [2.05, 4.69) is 4.90 Å². The number of nitrogens with zero attached hydrogens (tertiary/aromatic N) is 1. The molecule has 0 aromatic heterocycles. The second-order valence-corrected chi connectivity index (χ2v) is 4.49. The molecule has 0 radical (unpaired) electrons. The molecule has 92 valence electrons. The Balaban J connectivity index is 1.97. The lowest BCUT2D eigenvalue weighted by Crippen LogP contribution is -2.33. The minimum atomic E-state index is -0.413. The van der Waals surface area contributed by atoms with Crippen molar-refractivity contribution in [2.75, 3.05) is 13.1 Å². The lowest BCUT2D eigenvalue weighted by molar-refractivity contribution is -0.112. The third kappa shape index (κ3) is 3.09. The maximum Gasteiger partial charge on any atom is 0.127 e. The summed E-state index contributed by atoms with van der Waals surface area (Å²) in [5.41, 5.74) is 0.384. The average Bonchev–Trinajstić information content (AvgIpc) is 2.35. The molecule has 1 saturated heterocycles. The summed E-state index contributed by atoms with van der Waals surface area (Å²) >= 11 is 0. The van der Waals surface area contributed by atoms with Gasteiger partial charge in [-0.25, -0.2) is 8.78 Å². The van der Waals surface area contributed by atoms with Gasteiger partial charge in [0.2, 0.25) is 0 Å². The summed E-state index contributed by atoms with van der Waals surface area (Å²) in [6.07, 6.45) is 2.60. The number of carbonyl (C=O) groups is 1. The Hall–Kier alpha value is -1.29. The van der Waals surface area contributed by atoms with Crippen LogP contribution < -0.4 is 0 Å². The summed E-state index contributed by atoms with van der Waals surface area (Å²) < 4.78 is 26.4. The molecule has 1 fully saturated rings. The fourth-order valence-corrected chi connectivity index (χ4v) is 2.15. The molecule has 4 heteroatoms. The van der Waals surface area contributed by atoms with Crippen molar-refractivity contribution in [3.05, 3.63) is 35.4 Å². The van der Waals surface area contributed by atoms with E-state index in [1.807, 2.05) is 0 Å². The first-order valence-corrected chi connectivity index (χ1v) is 5.80. The molecule has 0 atom stereocenters. The van der Waals surface area contributed by atoms with E-state index in [1.54, 1.807) is 0 Å². The van der Waals surface area contributed by atoms with E-state index in [4.69, 9.17) is 0 Å². The van der Waals surface area contributed by atoms with Gasteiger partial charge in [-0.3, -0.25) is 4.90 Å². The van der Waals surface area contributed by atoms with E-state index >= 15 is 0 Å². The van der Waals surface area contributed by atoms with E-state index in [9.17, 15) is 13.6 Å². The zero-order valence-electron chi connectivity index (χ0n) is 9.53. The predicted octanol–water partition coefficient (Wildman–Crippen LogP) is 2.38. The Morgan fingerprint density at radius 1 is 1.29 bits per heavy atom. The normalized spacial score (nSPS) is 18.2. The molecule has 0 amide bonds. The number of benzene rings is 1. The molecular weight excluding hydrogens is 224 g/mol. The molecule has 0 bridgehead atoms. The van der Waals surface area contributed by atoms with Gasteiger partial charge in [0.1, 0.15) is 17.9 Å². The molecule has 0 saturated carbocycles. The van der Waals surface area contributed by atoms with Crippen LogP contribution in [0.2, 0.25) is 0 Å². The number of rotatable bonds is 3. The smallest absolute Gasteiger partial charge is 0.127 e. The highest BCUT2D eigenvalue weighted by molar-refractivity contribution is 5.53. The maximum atomic E-state index is 13.4. The maximum absolute atomic E-state index is 13.4. The Bertz CT molecular complexity index is 400. The summed E-state index contributed by atoms with van der Waals surface area (Å²) in [5.74, 6) is -0.656. The number of halogens is 2. The van der Waals surface area contributed by atoms with Crippen LogP contribution in [-0.4, -0.2) is 24.3 Å². The second kappa shape index (κ2) is 5.36. The van der Waals surface area contributed by atoms with Crippen molar-refractivity contribution in [1.82, 2.24) is 4.90 Å². The molecule has 17 heavy (non-hydrogen) atoms. The Morgan fingerprint density at radius 3 is 2.65 bits per heavy atom. The minimum absolute atomic E-state index is 0.128. The highest BCUT2D eigenvalue weighted by Gasteiger charge is 2.19. The van der Waals surface area contributed by atoms with Crippen LogP contribution in [0.25, 0.3) is 0 Å². The van der Waals surface area contributed by atoms with Gasteiger partial charge in [-0.1, -0.05) is 0 Å². The fourth-order valence-electron chi connectivity index (χ4n) is 2.15. The van der Waals surface area contributed by atoms with E-state index in [0.29, 0.717) is 12.1 Å². The van der Waals surface area contributed by atoms with Crippen LogP contribution in [0.3, 0.4) is 0 Å². The molecule has 0 aliphatic carbocycles. The summed E-state index contributed by atoms with van der Waals surface area (Å²) in [5, 5.41) is 0. The van der Waals surface area contributed by atoms with Gasteiger partial charge in [-0.2, -0.15) is 0 Å². The molecule has 2 nitrogen and oxygen atoms in total. The number of piperidine rings is 1. The van der Waals surface area contributed by atoms with Crippen molar-refractivity contribution >= 4 is 6.29 Å². The summed E-state index contributed by atoms with van der Waals surface area (Å²) in [6, 6.07) is 3.52. The first-order chi connectivity index (χ1) is 8.19. The lowest BCUT2D eigenvalue weighted by atomic mass is 9.98. The number of hydrogen-bond donors (Lipinski definition) is 0. The molecule has 1 aromatic carbocycles. The Morgan fingerprint density at radius 2 is 2.00 bits per heavy atom. The van der Waals surface area contributed by atoms with E-state index in [-0.39, 0.29) is 11.7 Å². The van der Waals surface area contributed by atoms with Crippen LogP contribution in [0, 0.1) is 17.6 Å². The highest BCUT2D eigenvalue weighted by Crippen LogP contribution is 2.19. The van der Waals surface area contributed by atoms with Gasteiger partial charge < -0.3 is 4.79 Å². The SMILES string of the molecule is O=CC1CCN(Cc2cc(F)ccc2F)CC1. The second-order valence-electron chi connectivity index (χ2n) is 4.49. The third-order valence-corrected chi connectivity index (χ3v) is 3.23.